The molecule has 204 valence electrons. The molecule has 3 aromatic carbocycles. The number of amides is 2. The van der Waals surface area contributed by atoms with Gasteiger partial charge in [-0.15, -0.1) is 0 Å². The van der Waals surface area contributed by atoms with Crippen molar-refractivity contribution in [2.24, 2.45) is 5.10 Å². The Balaban J connectivity index is 1.60. The van der Waals surface area contributed by atoms with Crippen molar-refractivity contribution in [3.63, 3.8) is 0 Å². The number of hydrazone groups is 1. The lowest BCUT2D eigenvalue weighted by molar-refractivity contribution is -0.137. The Kier molecular flexibility index (Phi) is 8.65. The van der Waals surface area contributed by atoms with Crippen LogP contribution in [-0.4, -0.2) is 61.4 Å². The summed E-state index contributed by atoms with van der Waals surface area (Å²) in [4.78, 5) is 28.1. The van der Waals surface area contributed by atoms with Crippen LogP contribution in [0.15, 0.2) is 84.0 Å². The smallest absolute Gasteiger partial charge is 0.416 e. The first-order valence-corrected chi connectivity index (χ1v) is 12.3. The van der Waals surface area contributed by atoms with E-state index in [4.69, 9.17) is 9.47 Å². The molecule has 2 amide bonds. The number of hydrogen-bond donors (Lipinski definition) is 0. The summed E-state index contributed by atoms with van der Waals surface area (Å²) in [5.41, 5.74) is 1.61. The lowest BCUT2D eigenvalue weighted by Gasteiger charge is -2.27. The minimum absolute atomic E-state index is 0.0374. The van der Waals surface area contributed by atoms with Crippen molar-refractivity contribution in [2.75, 3.05) is 33.9 Å². The third kappa shape index (κ3) is 6.64. The van der Waals surface area contributed by atoms with Crippen molar-refractivity contribution in [3.05, 3.63) is 101 Å². The van der Waals surface area contributed by atoms with E-state index in [1.54, 1.807) is 7.11 Å². The summed E-state index contributed by atoms with van der Waals surface area (Å²) in [6, 6.07) is 20.3. The zero-order chi connectivity index (χ0) is 28.0. The number of alkyl halides is 3. The number of rotatable bonds is 9. The summed E-state index contributed by atoms with van der Waals surface area (Å²) >= 11 is 0. The van der Waals surface area contributed by atoms with Crippen LogP contribution in [0.3, 0.4) is 0 Å². The van der Waals surface area contributed by atoms with Gasteiger partial charge in [0, 0.05) is 25.6 Å². The van der Waals surface area contributed by atoms with Gasteiger partial charge in [-0.3, -0.25) is 9.59 Å². The lowest BCUT2D eigenvalue weighted by atomic mass is 9.98. The number of nitrogens with zero attached hydrogens (tertiary/aromatic N) is 3. The lowest BCUT2D eigenvalue weighted by Crippen LogP contribution is -2.42. The summed E-state index contributed by atoms with van der Waals surface area (Å²) in [5.74, 6) is -0.312. The highest BCUT2D eigenvalue weighted by Crippen LogP contribution is 2.33. The van der Waals surface area contributed by atoms with Gasteiger partial charge in [0.2, 0.25) is 0 Å². The van der Waals surface area contributed by atoms with E-state index in [9.17, 15) is 22.8 Å². The molecule has 1 aliphatic rings. The second-order valence-electron chi connectivity index (χ2n) is 8.94. The largest absolute Gasteiger partial charge is 0.497 e. The maximum atomic E-state index is 13.6. The van der Waals surface area contributed by atoms with Crippen molar-refractivity contribution in [3.8, 4) is 5.75 Å². The second kappa shape index (κ2) is 12.1. The van der Waals surface area contributed by atoms with Gasteiger partial charge in [0.1, 0.15) is 12.3 Å². The predicted molar refractivity (Wildman–Crippen MR) is 139 cm³/mol. The first-order chi connectivity index (χ1) is 18.7. The quantitative estimate of drug-likeness (QED) is 0.376. The first kappa shape index (κ1) is 27.8. The predicted octanol–water partition coefficient (Wildman–Crippen LogP) is 5.18. The molecule has 4 rings (SSSR count). The van der Waals surface area contributed by atoms with E-state index in [1.165, 1.54) is 17.0 Å². The molecule has 0 N–H and O–H groups in total. The van der Waals surface area contributed by atoms with Crippen LogP contribution in [0, 0.1) is 0 Å². The highest BCUT2D eigenvalue weighted by Gasteiger charge is 2.35. The average Bonchev–Trinajstić information content (AvgIpc) is 3.41. The van der Waals surface area contributed by atoms with E-state index in [0.29, 0.717) is 17.9 Å². The first-order valence-electron chi connectivity index (χ1n) is 12.3. The highest BCUT2D eigenvalue weighted by atomic mass is 19.4. The third-order valence-corrected chi connectivity index (χ3v) is 6.41. The number of carbonyl (C=O) groups excluding carboxylic acids is 2. The van der Waals surface area contributed by atoms with Crippen molar-refractivity contribution in [1.29, 1.82) is 0 Å². The fraction of sp³-hybridized carbons (Fsp3) is 0.276. The molecule has 1 unspecified atom stereocenters. The Hall–Kier alpha value is -4.18. The summed E-state index contributed by atoms with van der Waals surface area (Å²) in [6.07, 6.45) is -4.05. The van der Waals surface area contributed by atoms with Gasteiger partial charge in [0.05, 0.1) is 31.0 Å². The van der Waals surface area contributed by atoms with Crippen molar-refractivity contribution < 1.29 is 32.2 Å². The van der Waals surface area contributed by atoms with Gasteiger partial charge in [-0.05, 0) is 59.7 Å². The Morgan fingerprint density at radius 1 is 0.974 bits per heavy atom. The number of methoxy groups -OCH3 is 2. The molecule has 0 bridgehead atoms. The van der Waals surface area contributed by atoms with Crippen molar-refractivity contribution >= 4 is 17.5 Å². The third-order valence-electron chi connectivity index (χ3n) is 6.41. The standard InChI is InChI=1S/C29H28F3N3O4/c1-38-17-16-34(28(37)22-8-12-23(13-9-22)29(30,31)32)19-27(36)35-26(21-6-4-3-5-7-21)18-25(33-35)20-10-14-24(39-2)15-11-20/h3-15,26H,16-19H2,1-2H3. The van der Waals surface area contributed by atoms with Gasteiger partial charge in [-0.25, -0.2) is 5.01 Å². The van der Waals surface area contributed by atoms with Crippen LogP contribution >= 0.6 is 0 Å². The molecule has 39 heavy (non-hydrogen) atoms. The molecule has 1 aliphatic heterocycles. The van der Waals surface area contributed by atoms with Crippen LogP contribution in [-0.2, 0) is 15.7 Å². The summed E-state index contributed by atoms with van der Waals surface area (Å²) in [6.45, 7) is -0.116. The van der Waals surface area contributed by atoms with Gasteiger partial charge >= 0.3 is 6.18 Å². The Bertz CT molecular complexity index is 1310. The summed E-state index contributed by atoms with van der Waals surface area (Å²) in [5, 5.41) is 6.02. The second-order valence-corrected chi connectivity index (χ2v) is 8.94. The van der Waals surface area contributed by atoms with E-state index < -0.39 is 23.6 Å². The van der Waals surface area contributed by atoms with Gasteiger partial charge < -0.3 is 14.4 Å². The molecule has 0 saturated heterocycles. The fourth-order valence-corrected chi connectivity index (χ4v) is 4.31. The van der Waals surface area contributed by atoms with Crippen LogP contribution in [0.5, 0.6) is 5.75 Å². The molecule has 0 fully saturated rings. The van der Waals surface area contributed by atoms with E-state index in [2.05, 4.69) is 5.10 Å². The van der Waals surface area contributed by atoms with Crippen LogP contribution in [0.4, 0.5) is 13.2 Å². The van der Waals surface area contributed by atoms with E-state index in [0.717, 1.165) is 35.4 Å². The molecule has 0 aromatic heterocycles. The van der Waals surface area contributed by atoms with Gasteiger partial charge in [0.25, 0.3) is 11.8 Å². The van der Waals surface area contributed by atoms with Crippen LogP contribution < -0.4 is 4.74 Å². The number of carbonyl (C=O) groups is 2. The summed E-state index contributed by atoms with van der Waals surface area (Å²) < 4.78 is 49.3. The fourth-order valence-electron chi connectivity index (χ4n) is 4.31. The molecule has 7 nitrogen and oxygen atoms in total. The minimum atomic E-state index is -4.52. The number of hydrogen-bond acceptors (Lipinski definition) is 5. The molecule has 0 spiro atoms. The molecular weight excluding hydrogens is 511 g/mol. The van der Waals surface area contributed by atoms with Gasteiger partial charge in [-0.2, -0.15) is 18.3 Å². The van der Waals surface area contributed by atoms with Crippen LogP contribution in [0.2, 0.25) is 0 Å². The Labute approximate surface area is 224 Å². The normalized spacial score (nSPS) is 15.2. The van der Waals surface area contributed by atoms with E-state index >= 15 is 0 Å². The monoisotopic (exact) mass is 539 g/mol. The zero-order valence-electron chi connectivity index (χ0n) is 21.5. The molecule has 10 heteroatoms. The van der Waals surface area contributed by atoms with Crippen molar-refractivity contribution in [1.82, 2.24) is 9.91 Å². The van der Waals surface area contributed by atoms with Crippen LogP contribution in [0.1, 0.15) is 39.5 Å². The molecule has 3 aromatic rings. The Morgan fingerprint density at radius 2 is 1.64 bits per heavy atom. The molecule has 0 saturated carbocycles. The maximum Gasteiger partial charge on any atom is 0.416 e. The summed E-state index contributed by atoms with van der Waals surface area (Å²) in [7, 11) is 3.04. The molecule has 1 atom stereocenters. The number of halogens is 3. The minimum Gasteiger partial charge on any atom is -0.497 e. The SMILES string of the molecule is COCCN(CC(=O)N1N=C(c2ccc(OC)cc2)CC1c1ccccc1)C(=O)c1ccc(C(F)(F)F)cc1. The molecule has 1 heterocycles. The number of ether oxygens (including phenoxy) is 2. The van der Waals surface area contributed by atoms with Crippen molar-refractivity contribution in [2.45, 2.75) is 18.6 Å². The highest BCUT2D eigenvalue weighted by molar-refractivity contribution is 6.03. The van der Waals surface area contributed by atoms with Crippen LogP contribution in [0.25, 0.3) is 0 Å². The topological polar surface area (TPSA) is 71.4 Å². The van der Waals surface area contributed by atoms with Gasteiger partial charge in [0.15, 0.2) is 0 Å². The van der Waals surface area contributed by atoms with E-state index in [1.807, 2.05) is 54.6 Å². The zero-order valence-corrected chi connectivity index (χ0v) is 21.5. The van der Waals surface area contributed by atoms with Gasteiger partial charge in [-0.1, -0.05) is 30.3 Å². The number of benzene rings is 3. The molecule has 0 aliphatic carbocycles. The average molecular weight is 540 g/mol. The Morgan fingerprint density at radius 3 is 2.23 bits per heavy atom. The maximum absolute atomic E-state index is 13.6. The molecular formula is C29H28F3N3O4. The molecule has 0 radical (unpaired) electrons. The van der Waals surface area contributed by atoms with E-state index in [-0.39, 0.29) is 31.3 Å².